The first-order chi connectivity index (χ1) is 14.3. The van der Waals surface area contributed by atoms with E-state index in [1.807, 2.05) is 0 Å². The van der Waals surface area contributed by atoms with Crippen molar-refractivity contribution in [3.63, 3.8) is 0 Å². The Labute approximate surface area is 173 Å². The number of phenolic OH excluding ortho intramolecular Hbond substituents is 1. The average Bonchev–Trinajstić information content (AvgIpc) is 3.47. The Morgan fingerprint density at radius 2 is 1.58 bits per heavy atom. The Bertz CT molecular complexity index is 959. The van der Waals surface area contributed by atoms with Crippen LogP contribution in [0, 0.1) is 5.92 Å². The third-order valence-electron chi connectivity index (χ3n) is 4.76. The van der Waals surface area contributed by atoms with E-state index in [2.05, 4.69) is 5.32 Å². The molecule has 10 heteroatoms. The van der Waals surface area contributed by atoms with Crippen molar-refractivity contribution in [3.05, 3.63) is 47.0 Å². The third kappa shape index (κ3) is 5.23. The summed E-state index contributed by atoms with van der Waals surface area (Å²) in [7, 11) is 0. The molecule has 0 unspecified atom stereocenters. The standard InChI is InChI=1S/C21H19F6NO3/c1-10(2)14-9-13(5-6-17(14)29)31-18-15(20(22,23)24)7-12(8-16(18)21(25,26)27)28-19(30)11-3-4-11/h5-11,29H,3-4H2,1-2H3,(H,28,30). The number of aromatic hydroxyl groups is 1. The summed E-state index contributed by atoms with van der Waals surface area (Å²) >= 11 is 0. The van der Waals surface area contributed by atoms with Crippen LogP contribution in [0.3, 0.4) is 0 Å². The normalized spacial score (nSPS) is 14.6. The summed E-state index contributed by atoms with van der Waals surface area (Å²) in [6.45, 7) is 3.39. The molecule has 0 saturated heterocycles. The van der Waals surface area contributed by atoms with Gasteiger partial charge in [-0.15, -0.1) is 0 Å². The number of rotatable bonds is 5. The van der Waals surface area contributed by atoms with Crippen molar-refractivity contribution in [2.75, 3.05) is 5.32 Å². The van der Waals surface area contributed by atoms with E-state index >= 15 is 0 Å². The van der Waals surface area contributed by atoms with Crippen LogP contribution in [0.5, 0.6) is 17.2 Å². The third-order valence-corrected chi connectivity index (χ3v) is 4.76. The minimum atomic E-state index is -5.19. The van der Waals surface area contributed by atoms with Crippen molar-refractivity contribution in [1.29, 1.82) is 0 Å². The fourth-order valence-electron chi connectivity index (χ4n) is 3.00. The summed E-state index contributed by atoms with van der Waals surface area (Å²) in [5.41, 5.74) is -3.66. The Kier molecular flexibility index (Phi) is 5.86. The second kappa shape index (κ2) is 7.97. The van der Waals surface area contributed by atoms with Crippen LogP contribution in [0.1, 0.15) is 49.3 Å². The van der Waals surface area contributed by atoms with E-state index in [0.717, 1.165) is 12.1 Å². The molecule has 1 saturated carbocycles. The number of phenols is 1. The minimum Gasteiger partial charge on any atom is -0.508 e. The van der Waals surface area contributed by atoms with Gasteiger partial charge in [0.15, 0.2) is 5.75 Å². The van der Waals surface area contributed by atoms with Gasteiger partial charge < -0.3 is 15.2 Å². The van der Waals surface area contributed by atoms with Gasteiger partial charge in [0.1, 0.15) is 22.6 Å². The molecule has 0 aromatic heterocycles. The predicted octanol–water partition coefficient (Wildman–Crippen LogP) is 6.69. The molecule has 168 valence electrons. The SMILES string of the molecule is CC(C)c1cc(Oc2c(C(F)(F)F)cc(NC(=O)C3CC3)cc2C(F)(F)F)ccc1O. The Balaban J connectivity index is 2.13. The van der Waals surface area contributed by atoms with Crippen LogP contribution < -0.4 is 10.1 Å². The number of alkyl halides is 6. The number of amides is 1. The van der Waals surface area contributed by atoms with E-state index in [1.165, 1.54) is 6.07 Å². The number of benzene rings is 2. The maximum absolute atomic E-state index is 13.7. The molecule has 1 fully saturated rings. The van der Waals surface area contributed by atoms with Crippen molar-refractivity contribution in [2.45, 2.75) is 45.0 Å². The number of hydrogen-bond acceptors (Lipinski definition) is 3. The molecule has 0 radical (unpaired) electrons. The molecule has 0 atom stereocenters. The summed E-state index contributed by atoms with van der Waals surface area (Å²) in [4.78, 5) is 11.9. The van der Waals surface area contributed by atoms with Gasteiger partial charge in [-0.25, -0.2) is 0 Å². The largest absolute Gasteiger partial charge is 0.508 e. The van der Waals surface area contributed by atoms with Gasteiger partial charge in [0.05, 0.1) is 0 Å². The van der Waals surface area contributed by atoms with Crippen LogP contribution in [-0.2, 0) is 17.1 Å². The van der Waals surface area contributed by atoms with Crippen molar-refractivity contribution in [1.82, 2.24) is 0 Å². The molecule has 3 rings (SSSR count). The highest BCUT2D eigenvalue weighted by Crippen LogP contribution is 2.48. The highest BCUT2D eigenvalue weighted by Gasteiger charge is 2.43. The number of nitrogens with one attached hydrogen (secondary N) is 1. The Hall–Kier alpha value is -2.91. The molecule has 0 spiro atoms. The van der Waals surface area contributed by atoms with Crippen LogP contribution in [0.2, 0.25) is 0 Å². The van der Waals surface area contributed by atoms with Gasteiger partial charge in [0.25, 0.3) is 0 Å². The van der Waals surface area contributed by atoms with Gasteiger partial charge in [0, 0.05) is 17.2 Å². The van der Waals surface area contributed by atoms with Crippen molar-refractivity contribution in [3.8, 4) is 17.2 Å². The van der Waals surface area contributed by atoms with Gasteiger partial charge in [-0.2, -0.15) is 26.3 Å². The van der Waals surface area contributed by atoms with Gasteiger partial charge in [-0.3, -0.25) is 4.79 Å². The molecule has 1 amide bonds. The zero-order valence-corrected chi connectivity index (χ0v) is 16.5. The van der Waals surface area contributed by atoms with Crippen molar-refractivity contribution < 1.29 is 41.0 Å². The van der Waals surface area contributed by atoms with Crippen LogP contribution in [0.25, 0.3) is 0 Å². The fourth-order valence-corrected chi connectivity index (χ4v) is 3.00. The van der Waals surface area contributed by atoms with Crippen LogP contribution in [0.15, 0.2) is 30.3 Å². The van der Waals surface area contributed by atoms with Crippen LogP contribution >= 0.6 is 0 Å². The first-order valence-corrected chi connectivity index (χ1v) is 9.41. The van der Waals surface area contributed by atoms with E-state index in [0.29, 0.717) is 30.5 Å². The highest BCUT2D eigenvalue weighted by atomic mass is 19.4. The molecule has 31 heavy (non-hydrogen) atoms. The van der Waals surface area contributed by atoms with E-state index < -0.39 is 46.7 Å². The van der Waals surface area contributed by atoms with E-state index in [1.54, 1.807) is 13.8 Å². The lowest BCUT2D eigenvalue weighted by atomic mass is 10.0. The molecule has 1 aliphatic rings. The lowest BCUT2D eigenvalue weighted by Crippen LogP contribution is -2.18. The first kappa shape index (κ1) is 22.8. The van der Waals surface area contributed by atoms with Crippen LogP contribution in [0.4, 0.5) is 32.0 Å². The Morgan fingerprint density at radius 1 is 1.03 bits per heavy atom. The van der Waals surface area contributed by atoms with Gasteiger partial charge in [-0.1, -0.05) is 13.8 Å². The minimum absolute atomic E-state index is 0.160. The molecule has 4 nitrogen and oxygen atoms in total. The van der Waals surface area contributed by atoms with Gasteiger partial charge >= 0.3 is 12.4 Å². The zero-order valence-electron chi connectivity index (χ0n) is 16.5. The molecule has 0 bridgehead atoms. The van der Waals surface area contributed by atoms with E-state index in [9.17, 15) is 36.2 Å². The number of anilines is 1. The van der Waals surface area contributed by atoms with Crippen molar-refractivity contribution in [2.24, 2.45) is 5.92 Å². The topological polar surface area (TPSA) is 58.6 Å². The van der Waals surface area contributed by atoms with Gasteiger partial charge in [-0.05, 0) is 49.1 Å². The maximum atomic E-state index is 13.7. The quantitative estimate of drug-likeness (QED) is 0.502. The molecule has 2 N–H and O–H groups in total. The molecular weight excluding hydrogens is 428 g/mol. The van der Waals surface area contributed by atoms with Gasteiger partial charge in [0.2, 0.25) is 5.91 Å². The predicted molar refractivity (Wildman–Crippen MR) is 100 cm³/mol. The molecular formula is C21H19F6NO3. The molecule has 0 heterocycles. The second-order valence-corrected chi connectivity index (χ2v) is 7.64. The Morgan fingerprint density at radius 3 is 2.03 bits per heavy atom. The van der Waals surface area contributed by atoms with Crippen molar-refractivity contribution >= 4 is 11.6 Å². The summed E-state index contributed by atoms with van der Waals surface area (Å²) in [6, 6.07) is 4.24. The summed E-state index contributed by atoms with van der Waals surface area (Å²) in [5.74, 6) is -3.18. The lowest BCUT2D eigenvalue weighted by molar-refractivity contribution is -0.145. The molecule has 2 aromatic rings. The monoisotopic (exact) mass is 447 g/mol. The summed E-state index contributed by atoms with van der Waals surface area (Å²) in [5, 5.41) is 12.0. The summed E-state index contributed by atoms with van der Waals surface area (Å²) in [6.07, 6.45) is -9.31. The first-order valence-electron chi connectivity index (χ1n) is 9.41. The fraction of sp³-hybridized carbons (Fsp3) is 0.381. The lowest BCUT2D eigenvalue weighted by Gasteiger charge is -2.21. The molecule has 2 aromatic carbocycles. The number of halogens is 6. The zero-order chi connectivity index (χ0) is 23.1. The highest BCUT2D eigenvalue weighted by molar-refractivity contribution is 5.94. The number of carbonyl (C=O) groups excluding carboxylic acids is 1. The number of hydrogen-bond donors (Lipinski definition) is 2. The number of carbonyl (C=O) groups is 1. The maximum Gasteiger partial charge on any atom is 0.420 e. The van der Waals surface area contributed by atoms with E-state index in [-0.39, 0.29) is 17.4 Å². The average molecular weight is 447 g/mol. The van der Waals surface area contributed by atoms with E-state index in [4.69, 9.17) is 4.74 Å². The second-order valence-electron chi connectivity index (χ2n) is 7.64. The molecule has 0 aliphatic heterocycles. The smallest absolute Gasteiger partial charge is 0.420 e. The number of ether oxygens (including phenoxy) is 1. The molecule has 1 aliphatic carbocycles. The summed E-state index contributed by atoms with van der Waals surface area (Å²) < 4.78 is 87.2. The van der Waals surface area contributed by atoms with Crippen LogP contribution in [-0.4, -0.2) is 11.0 Å².